The Kier molecular flexibility index (Phi) is 7.96. The zero-order valence-electron chi connectivity index (χ0n) is 20.2. The number of likely N-dealkylation sites (tertiary alicyclic amines) is 1. The van der Waals surface area contributed by atoms with E-state index < -0.39 is 35.6 Å². The van der Waals surface area contributed by atoms with Crippen LogP contribution in [-0.4, -0.2) is 44.4 Å². The summed E-state index contributed by atoms with van der Waals surface area (Å²) in [5, 5.41) is -0.274. The van der Waals surface area contributed by atoms with Crippen LogP contribution in [0, 0.1) is 11.7 Å². The summed E-state index contributed by atoms with van der Waals surface area (Å²) in [5.41, 5.74) is -0.861. The number of amides is 1. The van der Waals surface area contributed by atoms with Crippen LogP contribution in [0.15, 0.2) is 48.9 Å². The van der Waals surface area contributed by atoms with Crippen LogP contribution < -0.4 is 4.74 Å². The van der Waals surface area contributed by atoms with Crippen LogP contribution in [0.1, 0.15) is 49.0 Å². The second kappa shape index (κ2) is 11.0. The van der Waals surface area contributed by atoms with Gasteiger partial charge in [-0.25, -0.2) is 19.3 Å². The van der Waals surface area contributed by atoms with Gasteiger partial charge in [-0.3, -0.25) is 4.79 Å². The van der Waals surface area contributed by atoms with E-state index in [1.165, 1.54) is 30.6 Å². The summed E-state index contributed by atoms with van der Waals surface area (Å²) in [7, 11) is 0. The van der Waals surface area contributed by atoms with E-state index in [0.29, 0.717) is 25.6 Å². The molecular weight excluding hydrogens is 512 g/mol. The predicted octanol–water partition coefficient (Wildman–Crippen LogP) is 6.45. The van der Waals surface area contributed by atoms with Crippen molar-refractivity contribution in [3.8, 4) is 17.3 Å². The third-order valence-corrected chi connectivity index (χ3v) is 6.66. The molecule has 1 aliphatic heterocycles. The highest BCUT2D eigenvalue weighted by molar-refractivity contribution is 6.31. The van der Waals surface area contributed by atoms with Gasteiger partial charge in [-0.15, -0.1) is 0 Å². The molecule has 1 saturated heterocycles. The van der Waals surface area contributed by atoms with Gasteiger partial charge < -0.3 is 9.64 Å². The summed E-state index contributed by atoms with van der Waals surface area (Å²) in [6, 6.07) is 6.15. The minimum absolute atomic E-state index is 0.00601. The summed E-state index contributed by atoms with van der Waals surface area (Å²) in [5.74, 6) is -0.906. The first-order valence-electron chi connectivity index (χ1n) is 11.9. The molecule has 2 aromatic heterocycles. The summed E-state index contributed by atoms with van der Waals surface area (Å²) in [6.45, 7) is 4.25. The second-order valence-electron chi connectivity index (χ2n) is 9.02. The van der Waals surface area contributed by atoms with Crippen LogP contribution in [-0.2, 0) is 6.18 Å². The minimum Gasteiger partial charge on any atom is -0.471 e. The normalized spacial score (nSPS) is 18.9. The van der Waals surface area contributed by atoms with Gasteiger partial charge in [0.25, 0.3) is 5.91 Å². The highest BCUT2D eigenvalue weighted by Crippen LogP contribution is 2.36. The molecule has 1 fully saturated rings. The molecule has 3 heterocycles. The third-order valence-electron chi connectivity index (χ3n) is 6.39. The van der Waals surface area contributed by atoms with Gasteiger partial charge >= 0.3 is 6.18 Å². The smallest absolute Gasteiger partial charge is 0.417 e. The van der Waals surface area contributed by atoms with Crippen LogP contribution >= 0.6 is 11.6 Å². The van der Waals surface area contributed by atoms with Gasteiger partial charge in [-0.1, -0.05) is 31.5 Å². The molecule has 3 atom stereocenters. The fourth-order valence-electron chi connectivity index (χ4n) is 4.55. The molecule has 0 N–H and O–H groups in total. The first kappa shape index (κ1) is 26.8. The second-order valence-corrected chi connectivity index (χ2v) is 9.42. The lowest BCUT2D eigenvalue weighted by Gasteiger charge is -2.42. The molecule has 6 nitrogen and oxygen atoms in total. The minimum atomic E-state index is -4.59. The molecule has 1 amide bonds. The van der Waals surface area contributed by atoms with Crippen molar-refractivity contribution in [2.75, 3.05) is 6.54 Å². The van der Waals surface area contributed by atoms with Crippen LogP contribution in [0.25, 0.3) is 11.4 Å². The van der Waals surface area contributed by atoms with Crippen LogP contribution in [0.4, 0.5) is 17.6 Å². The number of ether oxygens (including phenoxy) is 1. The van der Waals surface area contributed by atoms with Gasteiger partial charge in [-0.05, 0) is 49.4 Å². The van der Waals surface area contributed by atoms with Crippen molar-refractivity contribution < 1.29 is 27.1 Å². The number of rotatable bonds is 6. The number of alkyl halides is 3. The molecule has 3 unspecified atom stereocenters. The third kappa shape index (κ3) is 5.84. The lowest BCUT2D eigenvalue weighted by molar-refractivity contribution is -0.137. The molecule has 0 saturated carbocycles. The van der Waals surface area contributed by atoms with Crippen LogP contribution in [0.5, 0.6) is 5.88 Å². The number of carbonyl (C=O) groups excluding carboxylic acids is 1. The van der Waals surface area contributed by atoms with Crippen molar-refractivity contribution in [2.24, 2.45) is 5.92 Å². The van der Waals surface area contributed by atoms with Gasteiger partial charge in [0.1, 0.15) is 16.9 Å². The van der Waals surface area contributed by atoms with E-state index in [4.69, 9.17) is 16.3 Å². The Bertz CT molecular complexity index is 1260. The lowest BCUT2D eigenvalue weighted by atomic mass is 9.89. The molecule has 196 valence electrons. The molecule has 37 heavy (non-hydrogen) atoms. The molecule has 1 aromatic carbocycles. The number of carbonyl (C=O) groups is 1. The van der Waals surface area contributed by atoms with E-state index >= 15 is 0 Å². The Labute approximate surface area is 216 Å². The highest BCUT2D eigenvalue weighted by atomic mass is 35.5. The van der Waals surface area contributed by atoms with Crippen molar-refractivity contribution in [1.82, 2.24) is 19.9 Å². The Morgan fingerprint density at radius 2 is 1.92 bits per heavy atom. The van der Waals surface area contributed by atoms with Gasteiger partial charge in [0, 0.05) is 25.1 Å². The predicted molar refractivity (Wildman–Crippen MR) is 130 cm³/mol. The van der Waals surface area contributed by atoms with Crippen LogP contribution in [0.3, 0.4) is 0 Å². The lowest BCUT2D eigenvalue weighted by Crippen LogP contribution is -2.53. The number of pyridine rings is 1. The SMILES string of the molecule is CCC(Oc1ncc(C(F)(F)F)cc1Cl)C1CCC(C)CN1C(=O)c1cccc(F)c1-c1ncccn1. The largest absolute Gasteiger partial charge is 0.471 e. The molecule has 3 aromatic rings. The number of halogens is 5. The maximum atomic E-state index is 14.9. The average Bonchev–Trinajstić information content (AvgIpc) is 2.87. The van der Waals surface area contributed by atoms with Crippen molar-refractivity contribution in [1.29, 1.82) is 0 Å². The molecule has 0 radical (unpaired) electrons. The summed E-state index contributed by atoms with van der Waals surface area (Å²) < 4.78 is 60.0. The summed E-state index contributed by atoms with van der Waals surface area (Å²) in [4.78, 5) is 27.6. The molecule has 4 rings (SSSR count). The fraction of sp³-hybridized carbons (Fsp3) is 0.385. The number of benzene rings is 1. The number of piperidine rings is 1. The standard InChI is InChI=1S/C26H25ClF4N4O2/c1-3-21(37-24-18(27)12-16(13-34-24)26(29,30)31)20-9-8-15(2)14-35(20)25(36)17-6-4-7-19(28)22(17)23-32-10-5-11-33-23/h4-7,10-13,15,20-21H,3,8-9,14H2,1-2H3. The molecule has 11 heteroatoms. The van der Waals surface area contributed by atoms with E-state index in [9.17, 15) is 22.4 Å². The summed E-state index contributed by atoms with van der Waals surface area (Å²) in [6.07, 6.45) is 0.220. The van der Waals surface area contributed by atoms with E-state index in [-0.39, 0.29) is 33.8 Å². The molecular formula is C26H25ClF4N4O2. The molecule has 0 aliphatic carbocycles. The maximum Gasteiger partial charge on any atom is 0.417 e. The first-order chi connectivity index (χ1) is 17.6. The summed E-state index contributed by atoms with van der Waals surface area (Å²) >= 11 is 6.08. The van der Waals surface area contributed by atoms with Gasteiger partial charge in [0.2, 0.25) is 5.88 Å². The van der Waals surface area contributed by atoms with Crippen LogP contribution in [0.2, 0.25) is 5.02 Å². The first-order valence-corrected chi connectivity index (χ1v) is 12.2. The molecule has 0 spiro atoms. The number of aromatic nitrogens is 3. The van der Waals surface area contributed by atoms with E-state index in [2.05, 4.69) is 15.0 Å². The van der Waals surface area contributed by atoms with Crippen molar-refractivity contribution in [2.45, 2.75) is 51.4 Å². The number of nitrogens with zero attached hydrogens (tertiary/aromatic N) is 4. The Hall–Kier alpha value is -3.27. The highest BCUT2D eigenvalue weighted by Gasteiger charge is 2.38. The zero-order chi connectivity index (χ0) is 26.7. The number of hydrogen-bond acceptors (Lipinski definition) is 5. The van der Waals surface area contributed by atoms with Crippen molar-refractivity contribution in [3.05, 3.63) is 70.9 Å². The van der Waals surface area contributed by atoms with Gasteiger partial charge in [0.05, 0.1) is 22.7 Å². The zero-order valence-corrected chi connectivity index (χ0v) is 20.9. The topological polar surface area (TPSA) is 68.2 Å². The van der Waals surface area contributed by atoms with Gasteiger partial charge in [0.15, 0.2) is 5.82 Å². The quantitative estimate of drug-likeness (QED) is 0.339. The van der Waals surface area contributed by atoms with Gasteiger partial charge in [-0.2, -0.15) is 13.2 Å². The number of hydrogen-bond donors (Lipinski definition) is 0. The monoisotopic (exact) mass is 536 g/mol. The van der Waals surface area contributed by atoms with E-state index in [1.807, 2.05) is 13.8 Å². The van der Waals surface area contributed by atoms with Crippen molar-refractivity contribution >= 4 is 17.5 Å². The fourth-order valence-corrected chi connectivity index (χ4v) is 4.76. The Balaban J connectivity index is 1.66. The molecule has 0 bridgehead atoms. The average molecular weight is 537 g/mol. The van der Waals surface area contributed by atoms with Crippen molar-refractivity contribution in [3.63, 3.8) is 0 Å². The Morgan fingerprint density at radius 3 is 2.57 bits per heavy atom. The maximum absolute atomic E-state index is 14.9. The van der Waals surface area contributed by atoms with E-state index in [1.54, 1.807) is 11.0 Å². The Morgan fingerprint density at radius 1 is 1.19 bits per heavy atom. The van der Waals surface area contributed by atoms with E-state index in [0.717, 1.165) is 12.5 Å². The molecule has 1 aliphatic rings.